The van der Waals surface area contributed by atoms with Gasteiger partial charge in [-0.2, -0.15) is 5.10 Å². The maximum atomic E-state index is 10.7. The minimum absolute atomic E-state index is 0.370. The van der Waals surface area contributed by atoms with Crippen LogP contribution in [0.3, 0.4) is 0 Å². The fourth-order valence-corrected chi connectivity index (χ4v) is 1.19. The molecule has 0 spiro atoms. The zero-order valence-electron chi connectivity index (χ0n) is 9.15. The molecular weight excluding hydrogens is 194 g/mol. The van der Waals surface area contributed by atoms with Crippen molar-refractivity contribution in [1.29, 1.82) is 0 Å². The number of aromatic nitrogens is 2. The first kappa shape index (κ1) is 11.3. The van der Waals surface area contributed by atoms with Crippen LogP contribution in [-0.2, 0) is 23.1 Å². The van der Waals surface area contributed by atoms with Gasteiger partial charge in [0.2, 0.25) is 0 Å². The largest absolute Gasteiger partial charge is 0.466 e. The fourth-order valence-electron chi connectivity index (χ4n) is 1.19. The van der Waals surface area contributed by atoms with Crippen LogP contribution in [0.4, 0.5) is 0 Å². The van der Waals surface area contributed by atoms with Gasteiger partial charge in [0.05, 0.1) is 12.8 Å². The highest BCUT2D eigenvalue weighted by atomic mass is 16.5. The third kappa shape index (κ3) is 3.46. The normalized spacial score (nSPS) is 10.6. The van der Waals surface area contributed by atoms with Crippen molar-refractivity contribution in [3.8, 4) is 0 Å². The van der Waals surface area contributed by atoms with Crippen molar-refractivity contribution in [2.75, 3.05) is 7.11 Å². The summed E-state index contributed by atoms with van der Waals surface area (Å²) in [5.74, 6) is -0.370. The number of esters is 1. The van der Waals surface area contributed by atoms with E-state index in [4.69, 9.17) is 0 Å². The lowest BCUT2D eigenvalue weighted by Crippen LogP contribution is -2.06. The average Bonchev–Trinajstić information content (AvgIpc) is 2.52. The molecule has 0 saturated heterocycles. The van der Waals surface area contributed by atoms with Crippen LogP contribution in [0.1, 0.15) is 11.3 Å². The first-order valence-corrected chi connectivity index (χ1v) is 4.60. The van der Waals surface area contributed by atoms with E-state index in [2.05, 4.69) is 15.2 Å². The number of nitrogens with zero attached hydrogens (tertiary/aromatic N) is 2. The van der Waals surface area contributed by atoms with Gasteiger partial charge in [0.15, 0.2) is 0 Å². The summed E-state index contributed by atoms with van der Waals surface area (Å²) in [6.45, 7) is 2.59. The zero-order valence-corrected chi connectivity index (χ0v) is 9.15. The Morgan fingerprint density at radius 1 is 1.73 bits per heavy atom. The lowest BCUT2D eigenvalue weighted by Gasteiger charge is -1.97. The lowest BCUT2D eigenvalue weighted by atomic mass is 10.3. The van der Waals surface area contributed by atoms with E-state index in [-0.39, 0.29) is 5.97 Å². The van der Waals surface area contributed by atoms with Gasteiger partial charge < -0.3 is 10.1 Å². The Morgan fingerprint density at radius 3 is 3.00 bits per heavy atom. The number of methoxy groups -OCH3 is 1. The van der Waals surface area contributed by atoms with E-state index in [0.29, 0.717) is 6.54 Å². The number of ether oxygens (including phenoxy) is 1. The first-order valence-electron chi connectivity index (χ1n) is 4.60. The van der Waals surface area contributed by atoms with E-state index in [1.807, 2.05) is 20.2 Å². The van der Waals surface area contributed by atoms with E-state index >= 15 is 0 Å². The SMILES string of the molecule is COC(=O)/C=C/NCc1cn(C)nc1C. The molecule has 0 radical (unpaired) electrons. The topological polar surface area (TPSA) is 56.1 Å². The molecule has 0 aromatic carbocycles. The quantitative estimate of drug-likeness (QED) is 0.579. The lowest BCUT2D eigenvalue weighted by molar-refractivity contribution is -0.134. The Hall–Kier alpha value is -1.78. The standard InChI is InChI=1S/C10H15N3O2/c1-8-9(7-13(2)12-8)6-11-5-4-10(14)15-3/h4-5,7,11H,6H2,1-3H3/b5-4+. The fraction of sp³-hybridized carbons (Fsp3) is 0.400. The van der Waals surface area contributed by atoms with Crippen molar-refractivity contribution in [3.63, 3.8) is 0 Å². The Bertz CT molecular complexity index is 369. The molecule has 0 saturated carbocycles. The molecule has 1 heterocycles. The Balaban J connectivity index is 2.41. The molecule has 15 heavy (non-hydrogen) atoms. The monoisotopic (exact) mass is 209 g/mol. The molecule has 5 heteroatoms. The molecule has 0 bridgehead atoms. The molecule has 0 aliphatic rings. The molecule has 1 aromatic heterocycles. The molecule has 5 nitrogen and oxygen atoms in total. The molecule has 0 aliphatic heterocycles. The smallest absolute Gasteiger partial charge is 0.331 e. The molecule has 0 amide bonds. The van der Waals surface area contributed by atoms with E-state index in [1.165, 1.54) is 13.2 Å². The van der Waals surface area contributed by atoms with Crippen molar-refractivity contribution < 1.29 is 9.53 Å². The molecule has 0 atom stereocenters. The maximum Gasteiger partial charge on any atom is 0.331 e. The van der Waals surface area contributed by atoms with Crippen LogP contribution in [-0.4, -0.2) is 22.9 Å². The van der Waals surface area contributed by atoms with Gasteiger partial charge in [-0.05, 0) is 6.92 Å². The van der Waals surface area contributed by atoms with Crippen LogP contribution < -0.4 is 5.32 Å². The van der Waals surface area contributed by atoms with Gasteiger partial charge in [0.1, 0.15) is 0 Å². The predicted molar refractivity (Wildman–Crippen MR) is 55.9 cm³/mol. The van der Waals surface area contributed by atoms with Crippen LogP contribution in [0.2, 0.25) is 0 Å². The summed E-state index contributed by atoms with van der Waals surface area (Å²) in [7, 11) is 3.22. The molecule has 0 fully saturated rings. The number of rotatable bonds is 4. The summed E-state index contributed by atoms with van der Waals surface area (Å²) in [6, 6.07) is 0. The summed E-state index contributed by atoms with van der Waals surface area (Å²) >= 11 is 0. The summed E-state index contributed by atoms with van der Waals surface area (Å²) in [5, 5.41) is 7.19. The van der Waals surface area contributed by atoms with Crippen molar-refractivity contribution in [1.82, 2.24) is 15.1 Å². The Morgan fingerprint density at radius 2 is 2.47 bits per heavy atom. The molecule has 0 aliphatic carbocycles. The zero-order chi connectivity index (χ0) is 11.3. The van der Waals surface area contributed by atoms with Gasteiger partial charge in [-0.15, -0.1) is 0 Å². The second kappa shape index (κ2) is 5.19. The predicted octanol–water partition coefficient (Wildman–Crippen LogP) is 0.505. The minimum atomic E-state index is -0.370. The average molecular weight is 209 g/mol. The third-order valence-corrected chi connectivity index (χ3v) is 1.95. The molecular formula is C10H15N3O2. The Kier molecular flexibility index (Phi) is 3.91. The Labute approximate surface area is 88.7 Å². The van der Waals surface area contributed by atoms with Crippen LogP contribution >= 0.6 is 0 Å². The number of nitrogens with one attached hydrogen (secondary N) is 1. The number of hydrogen-bond acceptors (Lipinski definition) is 4. The van der Waals surface area contributed by atoms with Gasteiger partial charge in [0.25, 0.3) is 0 Å². The van der Waals surface area contributed by atoms with Crippen LogP contribution in [0.25, 0.3) is 0 Å². The first-order chi connectivity index (χ1) is 7.13. The van der Waals surface area contributed by atoms with Gasteiger partial charge in [0, 0.05) is 37.6 Å². The highest BCUT2D eigenvalue weighted by Gasteiger charge is 2.00. The number of hydrogen-bond donors (Lipinski definition) is 1. The molecule has 82 valence electrons. The molecule has 1 rings (SSSR count). The second-order valence-electron chi connectivity index (χ2n) is 3.15. The van der Waals surface area contributed by atoms with Gasteiger partial charge >= 0.3 is 5.97 Å². The minimum Gasteiger partial charge on any atom is -0.466 e. The highest BCUT2D eigenvalue weighted by molar-refractivity contribution is 5.81. The van der Waals surface area contributed by atoms with E-state index in [9.17, 15) is 4.79 Å². The van der Waals surface area contributed by atoms with Crippen molar-refractivity contribution >= 4 is 5.97 Å². The van der Waals surface area contributed by atoms with Crippen LogP contribution in [0.15, 0.2) is 18.5 Å². The van der Waals surface area contributed by atoms with Crippen LogP contribution in [0, 0.1) is 6.92 Å². The summed E-state index contributed by atoms with van der Waals surface area (Å²) < 4.78 is 6.21. The summed E-state index contributed by atoms with van der Waals surface area (Å²) in [4.78, 5) is 10.7. The van der Waals surface area contributed by atoms with Crippen molar-refractivity contribution in [2.45, 2.75) is 13.5 Å². The van der Waals surface area contributed by atoms with Crippen molar-refractivity contribution in [3.05, 3.63) is 29.7 Å². The van der Waals surface area contributed by atoms with Gasteiger partial charge in [-0.3, -0.25) is 4.68 Å². The highest BCUT2D eigenvalue weighted by Crippen LogP contribution is 2.03. The number of carbonyl (C=O) groups is 1. The summed E-state index contributed by atoms with van der Waals surface area (Å²) in [6.07, 6.45) is 4.85. The van der Waals surface area contributed by atoms with Gasteiger partial charge in [-0.25, -0.2) is 4.79 Å². The van der Waals surface area contributed by atoms with E-state index in [0.717, 1.165) is 11.3 Å². The second-order valence-corrected chi connectivity index (χ2v) is 3.15. The molecule has 0 unspecified atom stereocenters. The summed E-state index contributed by atoms with van der Waals surface area (Å²) in [5.41, 5.74) is 2.09. The molecule has 1 N–H and O–H groups in total. The molecule has 1 aromatic rings. The number of aryl methyl sites for hydroxylation is 2. The van der Waals surface area contributed by atoms with Crippen LogP contribution in [0.5, 0.6) is 0 Å². The van der Waals surface area contributed by atoms with Gasteiger partial charge in [-0.1, -0.05) is 0 Å². The third-order valence-electron chi connectivity index (χ3n) is 1.95. The number of carbonyl (C=O) groups excluding carboxylic acids is 1. The van der Waals surface area contributed by atoms with E-state index < -0.39 is 0 Å². The maximum absolute atomic E-state index is 10.7. The van der Waals surface area contributed by atoms with E-state index in [1.54, 1.807) is 10.9 Å². The van der Waals surface area contributed by atoms with Crippen molar-refractivity contribution in [2.24, 2.45) is 7.05 Å².